The van der Waals surface area contributed by atoms with Gasteiger partial charge in [0.05, 0.1) is 39.1 Å². The summed E-state index contributed by atoms with van der Waals surface area (Å²) in [4.78, 5) is 10.4. The highest BCUT2D eigenvalue weighted by Gasteiger charge is 2.46. The molecular formula is C88H78BN5S. The maximum Gasteiger partial charge on any atom is 0.252 e. The van der Waals surface area contributed by atoms with Crippen LogP contribution in [0.15, 0.2) is 265 Å². The smallest absolute Gasteiger partial charge is 0.252 e. The Bertz CT molecular complexity index is 5320. The minimum Gasteiger partial charge on any atom is -0.311 e. The minimum absolute atomic E-state index is 0.154. The molecule has 0 saturated heterocycles. The summed E-state index contributed by atoms with van der Waals surface area (Å²) in [5.74, 6) is 0. The number of rotatable bonds is 6. The normalized spacial score (nSPS) is 13.8. The van der Waals surface area contributed by atoms with Crippen molar-refractivity contribution in [1.82, 2.24) is 9.13 Å². The molecule has 7 heteroatoms. The van der Waals surface area contributed by atoms with Gasteiger partial charge in [-0.05, 0) is 187 Å². The van der Waals surface area contributed by atoms with Crippen molar-refractivity contribution in [2.24, 2.45) is 0 Å². The first-order valence-corrected chi connectivity index (χ1v) is 34.6. The Morgan fingerprint density at radius 3 is 1.06 bits per heavy atom. The van der Waals surface area contributed by atoms with E-state index in [1.807, 2.05) is 11.8 Å². The number of nitrogens with zero attached hydrogens (tertiary/aromatic N) is 5. The fourth-order valence-corrected chi connectivity index (χ4v) is 16.4. The van der Waals surface area contributed by atoms with E-state index in [0.29, 0.717) is 0 Å². The van der Waals surface area contributed by atoms with Crippen LogP contribution in [0.2, 0.25) is 0 Å². The van der Waals surface area contributed by atoms with Crippen LogP contribution in [0.4, 0.5) is 51.2 Å². The van der Waals surface area contributed by atoms with Gasteiger partial charge in [-0.25, -0.2) is 0 Å². The van der Waals surface area contributed by atoms with Crippen LogP contribution in [0.1, 0.15) is 105 Å². The first kappa shape index (κ1) is 58.8. The molecule has 12 aromatic carbocycles. The summed E-state index contributed by atoms with van der Waals surface area (Å²) in [5, 5.41) is 4.95. The lowest BCUT2D eigenvalue weighted by Gasteiger charge is -2.46. The highest BCUT2D eigenvalue weighted by molar-refractivity contribution is 7.99. The van der Waals surface area contributed by atoms with Crippen molar-refractivity contribution in [3.8, 4) is 22.5 Å². The predicted molar refractivity (Wildman–Crippen MR) is 408 cm³/mol. The Balaban J connectivity index is 1.03. The third kappa shape index (κ3) is 9.50. The van der Waals surface area contributed by atoms with Gasteiger partial charge in [0.1, 0.15) is 0 Å². The molecule has 0 fully saturated rings. The summed E-state index contributed by atoms with van der Waals surface area (Å²) >= 11 is 1.86. The molecule has 0 spiro atoms. The van der Waals surface area contributed by atoms with E-state index in [1.165, 1.54) is 103 Å². The fourth-order valence-electron chi connectivity index (χ4n) is 15.4. The van der Waals surface area contributed by atoms with Crippen LogP contribution in [0.5, 0.6) is 0 Å². The van der Waals surface area contributed by atoms with E-state index >= 15 is 0 Å². The van der Waals surface area contributed by atoms with Gasteiger partial charge in [-0.15, -0.1) is 0 Å². The molecule has 5 heterocycles. The van der Waals surface area contributed by atoms with Crippen molar-refractivity contribution >= 4 is 130 Å². The van der Waals surface area contributed by atoms with Gasteiger partial charge >= 0.3 is 0 Å². The number of anilines is 9. The molecule has 0 saturated carbocycles. The van der Waals surface area contributed by atoms with Crippen LogP contribution in [0, 0.1) is 0 Å². The molecule has 464 valence electrons. The molecule has 3 aliphatic heterocycles. The van der Waals surface area contributed by atoms with Gasteiger partial charge in [0.15, 0.2) is 0 Å². The fraction of sp³-hybridized carbons (Fsp3) is 0.182. The Morgan fingerprint density at radius 1 is 0.263 bits per heavy atom. The second kappa shape index (κ2) is 21.3. The van der Waals surface area contributed by atoms with E-state index in [4.69, 9.17) is 0 Å². The number of para-hydroxylation sites is 5. The summed E-state index contributed by atoms with van der Waals surface area (Å²) in [6.45, 7) is 28.2. The average Bonchev–Trinajstić information content (AvgIpc) is 1.36. The third-order valence-corrected chi connectivity index (χ3v) is 21.5. The molecule has 5 nitrogen and oxygen atoms in total. The maximum absolute atomic E-state index is 2.68. The monoisotopic (exact) mass is 1250 g/mol. The standard InChI is InChI=1S/C88H78BN5S/c1-85(2,3)57-45-58(86(4,5)6)48-63(47-57)93-78-51-61(90-72-31-19-16-28-66(72)67-29-17-20-32-73(67)90)39-41-70(78)89-71-42-40-62(91-74-33-21-18-30-68(74)69-44-56(38-43-75(69)91)55-26-14-13-15-27-55)52-79(71)94(64-49-59(87(7,8)9)46-60(50-64)88(10,11)12)81-54-65(53-80(93)84(81)89)92-76-34-22-24-36-82(76)95-83-37-25-23-35-77(83)92/h13-54H,1-12H3. The number of aromatic nitrogens is 2. The molecule has 0 radical (unpaired) electrons. The van der Waals surface area contributed by atoms with E-state index in [2.05, 4.69) is 362 Å². The summed E-state index contributed by atoms with van der Waals surface area (Å²) in [6, 6.07) is 97.6. The van der Waals surface area contributed by atoms with E-state index in [1.54, 1.807) is 0 Å². The van der Waals surface area contributed by atoms with Crippen LogP contribution in [0.25, 0.3) is 66.1 Å². The molecule has 95 heavy (non-hydrogen) atoms. The highest BCUT2D eigenvalue weighted by atomic mass is 32.2. The predicted octanol–water partition coefficient (Wildman–Crippen LogP) is 22.8. The summed E-state index contributed by atoms with van der Waals surface area (Å²) < 4.78 is 5.02. The largest absolute Gasteiger partial charge is 0.311 e. The zero-order valence-electron chi connectivity index (χ0n) is 56.5. The summed E-state index contributed by atoms with van der Waals surface area (Å²) in [7, 11) is 0. The lowest BCUT2D eigenvalue weighted by molar-refractivity contribution is 0.568. The number of hydrogen-bond donors (Lipinski definition) is 0. The van der Waals surface area contributed by atoms with Crippen molar-refractivity contribution in [1.29, 1.82) is 0 Å². The van der Waals surface area contributed by atoms with Gasteiger partial charge in [-0.3, -0.25) is 0 Å². The molecule has 3 aliphatic rings. The second-order valence-electron chi connectivity index (χ2n) is 30.7. The molecule has 14 aromatic rings. The third-order valence-electron chi connectivity index (χ3n) is 20.4. The molecule has 0 N–H and O–H groups in total. The first-order valence-electron chi connectivity index (χ1n) is 33.8. The Kier molecular flexibility index (Phi) is 13.2. The van der Waals surface area contributed by atoms with Gasteiger partial charge in [-0.1, -0.05) is 234 Å². The minimum atomic E-state index is -0.184. The highest BCUT2D eigenvalue weighted by Crippen LogP contribution is 2.55. The molecular weight excluding hydrogens is 1170 g/mol. The number of benzene rings is 12. The molecule has 0 atom stereocenters. The zero-order chi connectivity index (χ0) is 65.2. The molecule has 0 bridgehead atoms. The number of hydrogen-bond acceptors (Lipinski definition) is 4. The summed E-state index contributed by atoms with van der Waals surface area (Å²) in [6.07, 6.45) is 0. The quantitative estimate of drug-likeness (QED) is 0.155. The Morgan fingerprint density at radius 2 is 0.621 bits per heavy atom. The zero-order valence-corrected chi connectivity index (χ0v) is 57.3. The van der Waals surface area contributed by atoms with Crippen molar-refractivity contribution in [3.63, 3.8) is 0 Å². The van der Waals surface area contributed by atoms with E-state index in [0.717, 1.165) is 62.6 Å². The van der Waals surface area contributed by atoms with E-state index in [9.17, 15) is 0 Å². The van der Waals surface area contributed by atoms with E-state index < -0.39 is 0 Å². The van der Waals surface area contributed by atoms with Crippen LogP contribution < -0.4 is 31.1 Å². The lowest BCUT2D eigenvalue weighted by atomic mass is 9.33. The molecule has 0 unspecified atom stereocenters. The van der Waals surface area contributed by atoms with Gasteiger partial charge in [0.25, 0.3) is 6.71 Å². The SMILES string of the molecule is CC(C)(C)c1cc(N2c3cc(-n4c5ccccc5c5ccccc54)ccc3B3c4ccc(-n5c6ccccc6c6cc(-c7ccccc7)ccc65)cc4N(c4cc(C(C)(C)C)cc(C(C)(C)C)c4)c4cc(N5c6ccccc6Sc6ccccc65)cc2c43)cc(C(C)(C)C)c1. The van der Waals surface area contributed by atoms with Gasteiger partial charge in [0.2, 0.25) is 0 Å². The second-order valence-corrected chi connectivity index (χ2v) is 31.8. The van der Waals surface area contributed by atoms with Crippen LogP contribution >= 0.6 is 11.8 Å². The lowest BCUT2D eigenvalue weighted by Crippen LogP contribution is -2.61. The van der Waals surface area contributed by atoms with Gasteiger partial charge in [-0.2, -0.15) is 0 Å². The maximum atomic E-state index is 2.68. The van der Waals surface area contributed by atoms with E-state index in [-0.39, 0.29) is 28.4 Å². The summed E-state index contributed by atoms with van der Waals surface area (Å²) in [5.41, 5.74) is 28.1. The Labute approximate surface area is 564 Å². The Hall–Kier alpha value is -9.95. The molecule has 2 aromatic heterocycles. The average molecular weight is 1250 g/mol. The van der Waals surface area contributed by atoms with Crippen molar-refractivity contribution in [2.45, 2.75) is 115 Å². The van der Waals surface area contributed by atoms with Crippen LogP contribution in [0.3, 0.4) is 0 Å². The topological polar surface area (TPSA) is 19.6 Å². The van der Waals surface area contributed by atoms with Gasteiger partial charge in [0, 0.05) is 76.8 Å². The number of fused-ring (bicyclic) bond motifs is 12. The van der Waals surface area contributed by atoms with Crippen molar-refractivity contribution < 1.29 is 0 Å². The molecule has 17 rings (SSSR count). The van der Waals surface area contributed by atoms with Crippen LogP contribution in [-0.4, -0.2) is 15.8 Å². The molecule has 0 aliphatic carbocycles. The van der Waals surface area contributed by atoms with Crippen molar-refractivity contribution in [2.75, 3.05) is 14.7 Å². The first-order chi connectivity index (χ1) is 45.6. The van der Waals surface area contributed by atoms with Crippen LogP contribution in [-0.2, 0) is 21.7 Å². The molecule has 0 amide bonds. The van der Waals surface area contributed by atoms with Crippen molar-refractivity contribution in [3.05, 3.63) is 277 Å². The van der Waals surface area contributed by atoms with Gasteiger partial charge < -0.3 is 23.8 Å².